The van der Waals surface area contributed by atoms with Gasteiger partial charge in [-0.2, -0.15) is 18.3 Å². The third kappa shape index (κ3) is 6.32. The van der Waals surface area contributed by atoms with Crippen molar-refractivity contribution in [2.45, 2.75) is 19.1 Å². The number of pyridine rings is 1. The maximum atomic E-state index is 14.6. The second-order valence-corrected chi connectivity index (χ2v) is 8.88. The van der Waals surface area contributed by atoms with Crippen LogP contribution in [-0.2, 0) is 6.18 Å². The fourth-order valence-corrected chi connectivity index (χ4v) is 4.02. The SMILES string of the molecule is Cc1cc(Nc2cccc(C(F)(F)F)c2)cnc1/C=N/Nc1ncc(F)c(C2C=CC=C(c3ccccc3)N2)n1. The Morgan fingerprint density at radius 2 is 1.80 bits per heavy atom. The molecule has 0 spiro atoms. The molecule has 0 amide bonds. The van der Waals surface area contributed by atoms with Gasteiger partial charge in [-0.15, -0.1) is 0 Å². The first-order valence-corrected chi connectivity index (χ1v) is 12.2. The van der Waals surface area contributed by atoms with Gasteiger partial charge in [0.2, 0.25) is 5.95 Å². The van der Waals surface area contributed by atoms with E-state index in [9.17, 15) is 17.6 Å². The first-order valence-electron chi connectivity index (χ1n) is 12.2. The van der Waals surface area contributed by atoms with Crippen LogP contribution in [0.2, 0.25) is 0 Å². The lowest BCUT2D eigenvalue weighted by Gasteiger charge is -2.22. The zero-order chi connectivity index (χ0) is 28.1. The van der Waals surface area contributed by atoms with Crippen LogP contribution in [0.25, 0.3) is 5.70 Å². The summed E-state index contributed by atoms with van der Waals surface area (Å²) in [5.41, 5.74) is 5.96. The lowest BCUT2D eigenvalue weighted by atomic mass is 10.0. The van der Waals surface area contributed by atoms with E-state index in [4.69, 9.17) is 0 Å². The van der Waals surface area contributed by atoms with Gasteiger partial charge < -0.3 is 10.6 Å². The molecule has 1 atom stereocenters. The number of hydrazone groups is 1. The summed E-state index contributed by atoms with van der Waals surface area (Å²) in [6.45, 7) is 1.79. The van der Waals surface area contributed by atoms with E-state index in [2.05, 4.69) is 36.1 Å². The molecule has 0 bridgehead atoms. The maximum absolute atomic E-state index is 14.6. The van der Waals surface area contributed by atoms with Crippen LogP contribution in [0.15, 0.2) is 96.4 Å². The summed E-state index contributed by atoms with van der Waals surface area (Å²) in [4.78, 5) is 12.6. The van der Waals surface area contributed by atoms with Gasteiger partial charge in [-0.1, -0.05) is 48.6 Å². The van der Waals surface area contributed by atoms with Crippen LogP contribution >= 0.6 is 0 Å². The van der Waals surface area contributed by atoms with E-state index in [1.807, 2.05) is 42.5 Å². The zero-order valence-electron chi connectivity index (χ0n) is 21.1. The van der Waals surface area contributed by atoms with Gasteiger partial charge in [-0.05, 0) is 48.4 Å². The van der Waals surface area contributed by atoms with E-state index in [0.29, 0.717) is 11.4 Å². The number of halogens is 4. The Labute approximate surface area is 227 Å². The molecule has 1 unspecified atom stereocenters. The first-order chi connectivity index (χ1) is 19.3. The van der Waals surface area contributed by atoms with Gasteiger partial charge in [-0.3, -0.25) is 4.98 Å². The van der Waals surface area contributed by atoms with Crippen molar-refractivity contribution in [3.05, 3.63) is 125 Å². The second-order valence-electron chi connectivity index (χ2n) is 8.88. The molecule has 202 valence electrons. The number of hydrogen-bond donors (Lipinski definition) is 3. The summed E-state index contributed by atoms with van der Waals surface area (Å²) in [7, 11) is 0. The predicted molar refractivity (Wildman–Crippen MR) is 146 cm³/mol. The number of anilines is 3. The van der Waals surface area contributed by atoms with Crippen molar-refractivity contribution in [3.8, 4) is 0 Å². The Morgan fingerprint density at radius 3 is 2.58 bits per heavy atom. The molecule has 1 aliphatic rings. The third-order valence-corrected chi connectivity index (χ3v) is 5.98. The summed E-state index contributed by atoms with van der Waals surface area (Å²) >= 11 is 0. The topological polar surface area (TPSA) is 87.1 Å². The van der Waals surface area contributed by atoms with E-state index >= 15 is 0 Å². The number of hydrogen-bond acceptors (Lipinski definition) is 7. The van der Waals surface area contributed by atoms with Gasteiger partial charge in [0.05, 0.1) is 41.6 Å². The van der Waals surface area contributed by atoms with Crippen molar-refractivity contribution in [2.24, 2.45) is 5.10 Å². The minimum Gasteiger partial charge on any atom is -0.373 e. The number of alkyl halides is 3. The van der Waals surface area contributed by atoms with E-state index in [1.54, 1.807) is 19.1 Å². The fraction of sp³-hybridized carbons (Fsp3) is 0.103. The van der Waals surface area contributed by atoms with E-state index in [1.165, 1.54) is 24.5 Å². The summed E-state index contributed by atoms with van der Waals surface area (Å²) in [5, 5.41) is 10.3. The molecule has 0 saturated carbocycles. The molecule has 5 rings (SSSR count). The molecule has 11 heteroatoms. The lowest BCUT2D eigenvalue weighted by Crippen LogP contribution is -2.23. The molecule has 3 N–H and O–H groups in total. The highest BCUT2D eigenvalue weighted by Gasteiger charge is 2.30. The molecule has 0 saturated heterocycles. The van der Waals surface area contributed by atoms with Crippen molar-refractivity contribution in [2.75, 3.05) is 10.7 Å². The largest absolute Gasteiger partial charge is 0.416 e. The maximum Gasteiger partial charge on any atom is 0.416 e. The third-order valence-electron chi connectivity index (χ3n) is 5.98. The highest BCUT2D eigenvalue weighted by Crippen LogP contribution is 2.31. The molecule has 7 nitrogen and oxygen atoms in total. The Hall–Kier alpha value is -5.06. The van der Waals surface area contributed by atoms with Crippen LogP contribution in [0.1, 0.15) is 34.1 Å². The number of dihydropyridines is 1. The number of allylic oxidation sites excluding steroid dienone is 2. The molecule has 0 fully saturated rings. The molecule has 2 aromatic heterocycles. The average Bonchev–Trinajstić information content (AvgIpc) is 2.95. The number of aromatic nitrogens is 3. The Morgan fingerprint density at radius 1 is 0.975 bits per heavy atom. The Balaban J connectivity index is 1.25. The molecular formula is C29H23F4N7. The van der Waals surface area contributed by atoms with E-state index < -0.39 is 23.6 Å². The van der Waals surface area contributed by atoms with Crippen LogP contribution in [0.3, 0.4) is 0 Å². The van der Waals surface area contributed by atoms with Gasteiger partial charge in [0, 0.05) is 11.4 Å². The van der Waals surface area contributed by atoms with Crippen molar-refractivity contribution >= 4 is 29.2 Å². The van der Waals surface area contributed by atoms with Gasteiger partial charge in [0.15, 0.2) is 5.82 Å². The Bertz CT molecular complexity index is 1600. The monoisotopic (exact) mass is 545 g/mol. The number of nitrogens with zero attached hydrogens (tertiary/aromatic N) is 4. The number of nitrogens with one attached hydrogen (secondary N) is 3. The Kier molecular flexibility index (Phi) is 7.54. The van der Waals surface area contributed by atoms with E-state index in [-0.39, 0.29) is 17.3 Å². The van der Waals surface area contributed by atoms with Gasteiger partial charge in [0.1, 0.15) is 5.69 Å². The molecule has 3 heterocycles. The molecule has 0 aliphatic carbocycles. The molecular weight excluding hydrogens is 522 g/mol. The number of rotatable bonds is 7. The number of benzene rings is 2. The minimum absolute atomic E-state index is 0.0964. The molecule has 0 radical (unpaired) electrons. The van der Waals surface area contributed by atoms with Crippen molar-refractivity contribution in [3.63, 3.8) is 0 Å². The summed E-state index contributed by atoms with van der Waals surface area (Å²) in [6, 6.07) is 15.8. The summed E-state index contributed by atoms with van der Waals surface area (Å²) in [5.74, 6) is -0.466. The normalized spacial score (nSPS) is 15.0. The highest BCUT2D eigenvalue weighted by molar-refractivity contribution is 5.80. The average molecular weight is 546 g/mol. The summed E-state index contributed by atoms with van der Waals surface area (Å²) in [6.07, 6.45) is 5.13. The van der Waals surface area contributed by atoms with Crippen LogP contribution < -0.4 is 16.1 Å². The summed E-state index contributed by atoms with van der Waals surface area (Å²) < 4.78 is 53.6. The first kappa shape index (κ1) is 26.5. The van der Waals surface area contributed by atoms with Crippen LogP contribution in [0.5, 0.6) is 0 Å². The molecule has 1 aliphatic heterocycles. The van der Waals surface area contributed by atoms with Crippen LogP contribution in [0.4, 0.5) is 34.9 Å². The van der Waals surface area contributed by atoms with Gasteiger partial charge in [0.25, 0.3) is 0 Å². The lowest BCUT2D eigenvalue weighted by molar-refractivity contribution is -0.137. The predicted octanol–water partition coefficient (Wildman–Crippen LogP) is 6.77. The highest BCUT2D eigenvalue weighted by atomic mass is 19.4. The molecule has 40 heavy (non-hydrogen) atoms. The molecule has 4 aromatic rings. The van der Waals surface area contributed by atoms with Crippen molar-refractivity contribution in [1.29, 1.82) is 0 Å². The van der Waals surface area contributed by atoms with Crippen LogP contribution in [0, 0.1) is 12.7 Å². The molecule has 2 aromatic carbocycles. The van der Waals surface area contributed by atoms with E-state index in [0.717, 1.165) is 35.2 Å². The van der Waals surface area contributed by atoms with Crippen LogP contribution in [-0.4, -0.2) is 21.2 Å². The smallest absolute Gasteiger partial charge is 0.373 e. The number of aryl methyl sites for hydroxylation is 1. The fourth-order valence-electron chi connectivity index (χ4n) is 4.02. The van der Waals surface area contributed by atoms with Gasteiger partial charge >= 0.3 is 6.18 Å². The van der Waals surface area contributed by atoms with Crippen molar-refractivity contribution < 1.29 is 17.6 Å². The van der Waals surface area contributed by atoms with Gasteiger partial charge in [-0.25, -0.2) is 19.8 Å². The standard InChI is InChI=1S/C29H23F4N7/c1-18-13-22(37-21-10-5-9-20(14-21)29(31,32)33)15-34-26(18)17-36-40-28-35-16-23(30)27(39-28)25-12-6-11-24(38-25)19-7-3-2-4-8-19/h2-17,25,37-38H,1H3,(H,35,39,40)/b36-17+. The van der Waals surface area contributed by atoms with Crippen molar-refractivity contribution in [1.82, 2.24) is 20.3 Å². The second kappa shape index (κ2) is 11.4. The quantitative estimate of drug-likeness (QED) is 0.135. The minimum atomic E-state index is -4.43. The zero-order valence-corrected chi connectivity index (χ0v) is 21.1.